The molecule has 0 aromatic carbocycles. The largest absolute Gasteiger partial charge is 0.494 e. The van der Waals surface area contributed by atoms with E-state index in [4.69, 9.17) is 0 Å². The number of aromatic nitrogens is 1. The standard InChI is InChI=1S/C13H21NO3/c1-10(2)6-4-3-5-7-11(15)14-12(16)8-9-13(14)17/h8-10,16-17H,3-7H2,1-2H3. The number of hydrogen-bond acceptors (Lipinski definition) is 3. The molecule has 96 valence electrons. The Hall–Kier alpha value is -1.45. The normalized spacial score (nSPS) is 11.0. The van der Waals surface area contributed by atoms with Crippen molar-refractivity contribution < 1.29 is 15.0 Å². The summed E-state index contributed by atoms with van der Waals surface area (Å²) in [7, 11) is 0. The van der Waals surface area contributed by atoms with Crippen LogP contribution in [0.25, 0.3) is 0 Å². The average molecular weight is 239 g/mol. The molecule has 2 N–H and O–H groups in total. The highest BCUT2D eigenvalue weighted by molar-refractivity contribution is 5.82. The Kier molecular flexibility index (Phi) is 5.07. The lowest BCUT2D eigenvalue weighted by atomic mass is 10.0. The summed E-state index contributed by atoms with van der Waals surface area (Å²) in [5, 5.41) is 18.7. The van der Waals surface area contributed by atoms with Crippen molar-refractivity contribution in [3.05, 3.63) is 12.1 Å². The number of hydrogen-bond donors (Lipinski definition) is 2. The molecule has 0 fully saturated rings. The Labute approximate surface area is 102 Å². The van der Waals surface area contributed by atoms with Crippen LogP contribution in [0.5, 0.6) is 11.8 Å². The van der Waals surface area contributed by atoms with Gasteiger partial charge in [0.25, 0.3) is 0 Å². The van der Waals surface area contributed by atoms with Crippen molar-refractivity contribution in [2.24, 2.45) is 5.92 Å². The van der Waals surface area contributed by atoms with Gasteiger partial charge in [0, 0.05) is 18.6 Å². The molecule has 0 aliphatic carbocycles. The highest BCUT2D eigenvalue weighted by Crippen LogP contribution is 2.22. The van der Waals surface area contributed by atoms with Gasteiger partial charge in [-0.2, -0.15) is 0 Å². The predicted molar refractivity (Wildman–Crippen MR) is 66.3 cm³/mol. The smallest absolute Gasteiger partial charge is 0.236 e. The molecule has 0 saturated heterocycles. The van der Waals surface area contributed by atoms with Crippen molar-refractivity contribution >= 4 is 5.91 Å². The number of carbonyl (C=O) groups is 1. The van der Waals surface area contributed by atoms with Crippen molar-refractivity contribution in [2.75, 3.05) is 0 Å². The van der Waals surface area contributed by atoms with E-state index in [0.717, 1.165) is 23.8 Å². The van der Waals surface area contributed by atoms with E-state index in [2.05, 4.69) is 13.8 Å². The van der Waals surface area contributed by atoms with Gasteiger partial charge >= 0.3 is 0 Å². The van der Waals surface area contributed by atoms with Crippen LogP contribution in [0.1, 0.15) is 50.7 Å². The summed E-state index contributed by atoms with van der Waals surface area (Å²) in [6.45, 7) is 4.36. The molecule has 0 saturated carbocycles. The van der Waals surface area contributed by atoms with Crippen LogP contribution in [-0.2, 0) is 0 Å². The Balaban J connectivity index is 2.31. The molecule has 1 rings (SSSR count). The molecule has 4 heteroatoms. The first-order valence-electron chi connectivity index (χ1n) is 6.15. The summed E-state index contributed by atoms with van der Waals surface area (Å²) in [6, 6.07) is 2.62. The minimum absolute atomic E-state index is 0.199. The zero-order chi connectivity index (χ0) is 12.8. The van der Waals surface area contributed by atoms with Crippen molar-refractivity contribution in [1.29, 1.82) is 0 Å². The summed E-state index contributed by atoms with van der Waals surface area (Å²) in [6.07, 6.45) is 4.45. The Bertz CT molecular complexity index is 349. The van der Waals surface area contributed by atoms with Crippen LogP contribution in [0.3, 0.4) is 0 Å². The molecule has 0 bridgehead atoms. The lowest BCUT2D eigenvalue weighted by molar-refractivity contribution is 0.0880. The van der Waals surface area contributed by atoms with E-state index in [1.165, 1.54) is 18.6 Å². The van der Waals surface area contributed by atoms with E-state index in [9.17, 15) is 15.0 Å². The lowest BCUT2D eigenvalue weighted by Crippen LogP contribution is -2.09. The van der Waals surface area contributed by atoms with Crippen LogP contribution >= 0.6 is 0 Å². The molecule has 1 aromatic rings. The van der Waals surface area contributed by atoms with Crippen molar-refractivity contribution in [3.8, 4) is 11.8 Å². The first kappa shape index (κ1) is 13.6. The zero-order valence-electron chi connectivity index (χ0n) is 10.5. The molecule has 1 heterocycles. The van der Waals surface area contributed by atoms with Gasteiger partial charge in [0.15, 0.2) is 0 Å². The predicted octanol–water partition coefficient (Wildman–Crippen LogP) is 3.15. The van der Waals surface area contributed by atoms with Gasteiger partial charge in [-0.15, -0.1) is 0 Å². The minimum Gasteiger partial charge on any atom is -0.494 e. The summed E-state index contributed by atoms with van der Waals surface area (Å²) in [5.74, 6) is 0.0437. The van der Waals surface area contributed by atoms with Crippen LogP contribution in [0.4, 0.5) is 0 Å². The van der Waals surface area contributed by atoms with Gasteiger partial charge in [0.1, 0.15) is 0 Å². The minimum atomic E-state index is -0.255. The summed E-state index contributed by atoms with van der Waals surface area (Å²) in [4.78, 5) is 11.7. The quantitative estimate of drug-likeness (QED) is 0.749. The fourth-order valence-corrected chi connectivity index (χ4v) is 1.79. The van der Waals surface area contributed by atoms with E-state index in [1.807, 2.05) is 0 Å². The summed E-state index contributed by atoms with van der Waals surface area (Å²) < 4.78 is 0.947. The second kappa shape index (κ2) is 6.33. The molecule has 0 amide bonds. The van der Waals surface area contributed by atoms with E-state index in [0.29, 0.717) is 12.3 Å². The van der Waals surface area contributed by atoms with Crippen LogP contribution in [0, 0.1) is 5.92 Å². The second-order valence-electron chi connectivity index (χ2n) is 4.77. The molecule has 1 aromatic heterocycles. The number of carbonyl (C=O) groups excluding carboxylic acids is 1. The summed E-state index contributed by atoms with van der Waals surface area (Å²) >= 11 is 0. The number of rotatable bonds is 6. The first-order chi connectivity index (χ1) is 8.02. The molecular formula is C13H21NO3. The van der Waals surface area contributed by atoms with Gasteiger partial charge in [-0.05, 0) is 12.3 Å². The second-order valence-corrected chi connectivity index (χ2v) is 4.77. The van der Waals surface area contributed by atoms with Gasteiger partial charge in [-0.1, -0.05) is 33.1 Å². The molecule has 0 radical (unpaired) electrons. The van der Waals surface area contributed by atoms with Crippen LogP contribution < -0.4 is 0 Å². The Morgan fingerprint density at radius 2 is 1.76 bits per heavy atom. The molecule has 0 unspecified atom stereocenters. The average Bonchev–Trinajstić information content (AvgIpc) is 2.57. The van der Waals surface area contributed by atoms with Crippen molar-refractivity contribution in [2.45, 2.75) is 46.0 Å². The fraction of sp³-hybridized carbons (Fsp3) is 0.615. The summed E-state index contributed by atoms with van der Waals surface area (Å²) in [5.41, 5.74) is 0. The maximum Gasteiger partial charge on any atom is 0.236 e. The monoisotopic (exact) mass is 239 g/mol. The highest BCUT2D eigenvalue weighted by Gasteiger charge is 2.13. The molecule has 0 atom stereocenters. The molecule has 0 spiro atoms. The third-order valence-corrected chi connectivity index (χ3v) is 2.76. The number of nitrogens with zero attached hydrogens (tertiary/aromatic N) is 1. The van der Waals surface area contributed by atoms with Crippen LogP contribution in [-0.4, -0.2) is 20.7 Å². The van der Waals surface area contributed by atoms with E-state index in [-0.39, 0.29) is 17.7 Å². The molecule has 0 aliphatic rings. The lowest BCUT2D eigenvalue weighted by Gasteiger charge is -2.06. The fourth-order valence-electron chi connectivity index (χ4n) is 1.79. The highest BCUT2D eigenvalue weighted by atomic mass is 16.3. The van der Waals surface area contributed by atoms with Gasteiger partial charge < -0.3 is 10.2 Å². The van der Waals surface area contributed by atoms with E-state index >= 15 is 0 Å². The van der Waals surface area contributed by atoms with E-state index < -0.39 is 0 Å². The van der Waals surface area contributed by atoms with Crippen LogP contribution in [0.2, 0.25) is 0 Å². The maximum atomic E-state index is 11.7. The molecule has 0 aliphatic heterocycles. The van der Waals surface area contributed by atoms with E-state index in [1.54, 1.807) is 0 Å². The Morgan fingerprint density at radius 3 is 2.29 bits per heavy atom. The first-order valence-corrected chi connectivity index (χ1v) is 6.15. The van der Waals surface area contributed by atoms with Gasteiger partial charge in [-0.25, -0.2) is 4.57 Å². The third kappa shape index (κ3) is 4.13. The topological polar surface area (TPSA) is 62.5 Å². The molecule has 17 heavy (non-hydrogen) atoms. The van der Waals surface area contributed by atoms with Crippen molar-refractivity contribution in [1.82, 2.24) is 4.57 Å². The zero-order valence-corrected chi connectivity index (χ0v) is 10.5. The maximum absolute atomic E-state index is 11.7. The number of aromatic hydroxyl groups is 2. The van der Waals surface area contributed by atoms with Crippen LogP contribution in [0.15, 0.2) is 12.1 Å². The SMILES string of the molecule is CC(C)CCCCCC(=O)n1c(O)ccc1O. The number of unbranched alkanes of at least 4 members (excludes halogenated alkanes) is 2. The third-order valence-electron chi connectivity index (χ3n) is 2.76. The van der Waals surface area contributed by atoms with Gasteiger partial charge in [-0.3, -0.25) is 4.79 Å². The molecular weight excluding hydrogens is 218 g/mol. The Morgan fingerprint density at radius 1 is 1.18 bits per heavy atom. The molecule has 4 nitrogen and oxygen atoms in total. The van der Waals surface area contributed by atoms with Gasteiger partial charge in [0.2, 0.25) is 17.7 Å². The van der Waals surface area contributed by atoms with Gasteiger partial charge in [0.05, 0.1) is 0 Å². The van der Waals surface area contributed by atoms with Crippen molar-refractivity contribution in [3.63, 3.8) is 0 Å².